The van der Waals surface area contributed by atoms with Gasteiger partial charge in [-0.3, -0.25) is 9.67 Å². The molecule has 1 aliphatic rings. The second-order valence-electron chi connectivity index (χ2n) is 8.30. The smallest absolute Gasteiger partial charge is 0.122 e. The average molecular weight is 441 g/mol. The number of nitriles is 1. The largest absolute Gasteiger partial charge is 0.256 e. The van der Waals surface area contributed by atoms with E-state index < -0.39 is 5.54 Å². The normalized spacial score (nSPS) is 13.5. The van der Waals surface area contributed by atoms with Crippen molar-refractivity contribution in [3.8, 4) is 17.3 Å². The highest BCUT2D eigenvalue weighted by Gasteiger charge is 2.43. The van der Waals surface area contributed by atoms with Crippen LogP contribution in [-0.2, 0) is 5.54 Å². The van der Waals surface area contributed by atoms with Gasteiger partial charge in [-0.2, -0.15) is 10.4 Å². The number of allylic oxidation sites excluding steroid dienone is 6. The Bertz CT molecular complexity index is 1350. The summed E-state index contributed by atoms with van der Waals surface area (Å²) in [6, 6.07) is 26.9. The first kappa shape index (κ1) is 21.4. The van der Waals surface area contributed by atoms with Gasteiger partial charge in [0.05, 0.1) is 17.0 Å². The van der Waals surface area contributed by atoms with Crippen LogP contribution in [-0.4, -0.2) is 14.8 Å². The third-order valence-corrected chi connectivity index (χ3v) is 6.31. The molecule has 164 valence electrons. The molecule has 0 amide bonds. The van der Waals surface area contributed by atoms with Gasteiger partial charge in [-0.05, 0) is 30.2 Å². The summed E-state index contributed by atoms with van der Waals surface area (Å²) < 4.78 is 2.09. The van der Waals surface area contributed by atoms with Crippen LogP contribution in [0.4, 0.5) is 0 Å². The molecule has 5 rings (SSSR count). The maximum absolute atomic E-state index is 9.16. The van der Waals surface area contributed by atoms with Gasteiger partial charge in [-0.25, -0.2) is 0 Å². The van der Waals surface area contributed by atoms with E-state index in [1.54, 1.807) is 12.3 Å². The molecule has 34 heavy (non-hydrogen) atoms. The van der Waals surface area contributed by atoms with E-state index >= 15 is 0 Å². The van der Waals surface area contributed by atoms with Gasteiger partial charge >= 0.3 is 0 Å². The van der Waals surface area contributed by atoms with E-state index in [1.165, 1.54) is 0 Å². The number of benzene rings is 2. The number of hydrogen-bond acceptors (Lipinski definition) is 3. The highest BCUT2D eigenvalue weighted by molar-refractivity contribution is 5.62. The number of pyridine rings is 1. The molecule has 0 spiro atoms. The first-order valence-corrected chi connectivity index (χ1v) is 11.3. The van der Waals surface area contributed by atoms with E-state index in [2.05, 4.69) is 107 Å². The Hall–Kier alpha value is -4.49. The number of hydrogen-bond donors (Lipinski definition) is 0. The minimum Gasteiger partial charge on any atom is -0.256 e. The lowest BCUT2D eigenvalue weighted by molar-refractivity contribution is 0.332. The SMILES string of the molecule is Cc1nn(C(c2ccccc2)(c2ccccc2)C2C=CC=CC=C2)cc1-c1ccc(C#N)cn1. The van der Waals surface area contributed by atoms with E-state index in [0.717, 1.165) is 28.1 Å². The van der Waals surface area contributed by atoms with Crippen LogP contribution < -0.4 is 0 Å². The summed E-state index contributed by atoms with van der Waals surface area (Å²) >= 11 is 0. The van der Waals surface area contributed by atoms with Crippen molar-refractivity contribution >= 4 is 0 Å². The predicted octanol–water partition coefficient (Wildman–Crippen LogP) is 6.22. The van der Waals surface area contributed by atoms with Gasteiger partial charge in [-0.1, -0.05) is 97.1 Å². The van der Waals surface area contributed by atoms with Crippen molar-refractivity contribution in [3.63, 3.8) is 0 Å². The molecule has 4 heteroatoms. The van der Waals surface area contributed by atoms with E-state index in [9.17, 15) is 0 Å². The Morgan fingerprint density at radius 1 is 0.824 bits per heavy atom. The van der Waals surface area contributed by atoms with Crippen molar-refractivity contribution < 1.29 is 0 Å². The molecule has 0 saturated heterocycles. The third-order valence-electron chi connectivity index (χ3n) is 6.31. The van der Waals surface area contributed by atoms with E-state index in [1.807, 2.05) is 25.1 Å². The molecule has 2 aromatic carbocycles. The Kier molecular flexibility index (Phi) is 5.76. The minimum absolute atomic E-state index is 0.00775. The summed E-state index contributed by atoms with van der Waals surface area (Å²) in [6.45, 7) is 2.01. The monoisotopic (exact) mass is 440 g/mol. The standard InChI is InChI=1S/C30H24N4/c1-23-28(29-19-18-24(20-31)21-32-29)22-34(33-23)30(26-14-8-4-9-15-26,27-16-10-5-11-17-27)25-12-6-2-3-7-13-25/h2-19,21-22,25H,1H3. The van der Waals surface area contributed by atoms with Gasteiger partial charge in [0.2, 0.25) is 0 Å². The summed E-state index contributed by atoms with van der Waals surface area (Å²) in [7, 11) is 0. The highest BCUT2D eigenvalue weighted by Crippen LogP contribution is 2.43. The second-order valence-corrected chi connectivity index (χ2v) is 8.30. The quantitative estimate of drug-likeness (QED) is 0.370. The molecule has 4 aromatic rings. The molecule has 0 fully saturated rings. The zero-order chi connectivity index (χ0) is 23.4. The molecule has 0 aliphatic heterocycles. The molecular weight excluding hydrogens is 416 g/mol. The van der Waals surface area contributed by atoms with E-state index in [0.29, 0.717) is 5.56 Å². The molecule has 4 nitrogen and oxygen atoms in total. The van der Waals surface area contributed by atoms with Crippen LogP contribution in [0.15, 0.2) is 122 Å². The van der Waals surface area contributed by atoms with E-state index in [-0.39, 0.29) is 5.92 Å². The van der Waals surface area contributed by atoms with Crippen molar-refractivity contribution in [2.45, 2.75) is 12.5 Å². The number of rotatable bonds is 5. The van der Waals surface area contributed by atoms with Crippen molar-refractivity contribution in [1.82, 2.24) is 14.8 Å². The molecule has 0 radical (unpaired) electrons. The first-order valence-electron chi connectivity index (χ1n) is 11.3. The summed E-state index contributed by atoms with van der Waals surface area (Å²) in [4.78, 5) is 4.54. The molecule has 0 unspecified atom stereocenters. The predicted molar refractivity (Wildman–Crippen MR) is 135 cm³/mol. The molecule has 2 heterocycles. The fourth-order valence-electron chi connectivity index (χ4n) is 4.70. The second kappa shape index (κ2) is 9.17. The molecule has 0 atom stereocenters. The van der Waals surface area contributed by atoms with Crippen LogP contribution in [0.3, 0.4) is 0 Å². The third kappa shape index (κ3) is 3.68. The van der Waals surface area contributed by atoms with Gasteiger partial charge in [0, 0.05) is 23.9 Å². The van der Waals surface area contributed by atoms with Gasteiger partial charge in [-0.15, -0.1) is 0 Å². The fourth-order valence-corrected chi connectivity index (χ4v) is 4.70. The molecule has 0 saturated carbocycles. The zero-order valence-corrected chi connectivity index (χ0v) is 18.9. The topological polar surface area (TPSA) is 54.5 Å². The van der Waals surface area contributed by atoms with Crippen LogP contribution in [0, 0.1) is 24.2 Å². The van der Waals surface area contributed by atoms with Gasteiger partial charge in [0.1, 0.15) is 11.6 Å². The fraction of sp³-hybridized carbons (Fsp3) is 0.100. The van der Waals surface area contributed by atoms with Crippen LogP contribution in [0.25, 0.3) is 11.3 Å². The average Bonchev–Trinajstić information content (AvgIpc) is 3.09. The molecular formula is C30H24N4. The van der Waals surface area contributed by atoms with Crippen molar-refractivity contribution in [2.75, 3.05) is 0 Å². The Morgan fingerprint density at radius 2 is 1.44 bits per heavy atom. The number of aromatic nitrogens is 3. The van der Waals surface area contributed by atoms with Gasteiger partial charge in [0.25, 0.3) is 0 Å². The molecule has 0 bridgehead atoms. The summed E-state index contributed by atoms with van der Waals surface area (Å²) in [5, 5.41) is 14.2. The summed E-state index contributed by atoms with van der Waals surface area (Å²) in [5.74, 6) is 0.00775. The van der Waals surface area contributed by atoms with Crippen LogP contribution in [0.1, 0.15) is 22.4 Å². The summed E-state index contributed by atoms with van der Waals surface area (Å²) in [6.07, 6.45) is 16.5. The Balaban J connectivity index is 1.79. The van der Waals surface area contributed by atoms with Crippen LogP contribution >= 0.6 is 0 Å². The number of aryl methyl sites for hydroxylation is 1. The lowest BCUT2D eigenvalue weighted by Crippen LogP contribution is -2.42. The van der Waals surface area contributed by atoms with Crippen molar-refractivity contribution in [3.05, 3.63) is 144 Å². The molecule has 2 aromatic heterocycles. The maximum atomic E-state index is 9.16. The molecule has 0 N–H and O–H groups in total. The Labute approximate surface area is 199 Å². The minimum atomic E-state index is -0.614. The van der Waals surface area contributed by atoms with Gasteiger partial charge < -0.3 is 0 Å². The lowest BCUT2D eigenvalue weighted by Gasteiger charge is -2.40. The van der Waals surface area contributed by atoms with Gasteiger partial charge in [0.15, 0.2) is 0 Å². The van der Waals surface area contributed by atoms with Crippen molar-refractivity contribution in [2.24, 2.45) is 5.92 Å². The van der Waals surface area contributed by atoms with Crippen molar-refractivity contribution in [1.29, 1.82) is 5.26 Å². The highest BCUT2D eigenvalue weighted by atomic mass is 15.3. The van der Waals surface area contributed by atoms with Crippen LogP contribution in [0.2, 0.25) is 0 Å². The van der Waals surface area contributed by atoms with E-state index in [4.69, 9.17) is 10.4 Å². The maximum Gasteiger partial charge on any atom is 0.122 e. The first-order chi connectivity index (χ1) is 16.7. The lowest BCUT2D eigenvalue weighted by atomic mass is 9.72. The number of nitrogens with zero attached hydrogens (tertiary/aromatic N) is 4. The Morgan fingerprint density at radius 3 is 1.97 bits per heavy atom. The summed E-state index contributed by atoms with van der Waals surface area (Å²) in [5.41, 5.74) is 4.84. The van der Waals surface area contributed by atoms with Crippen LogP contribution in [0.5, 0.6) is 0 Å². The zero-order valence-electron chi connectivity index (χ0n) is 18.9. The molecule has 1 aliphatic carbocycles.